The summed E-state index contributed by atoms with van der Waals surface area (Å²) < 4.78 is 10.3. The molecule has 4 nitrogen and oxygen atoms in total. The van der Waals surface area contributed by atoms with Crippen molar-refractivity contribution in [2.75, 3.05) is 13.7 Å². The van der Waals surface area contributed by atoms with Gasteiger partial charge in [-0.25, -0.2) is 0 Å². The van der Waals surface area contributed by atoms with Gasteiger partial charge in [0.05, 0.1) is 19.1 Å². The summed E-state index contributed by atoms with van der Waals surface area (Å²) in [5, 5.41) is 0. The van der Waals surface area contributed by atoms with Gasteiger partial charge >= 0.3 is 11.9 Å². The quantitative estimate of drug-likeness (QED) is 0.582. The third kappa shape index (κ3) is 3.17. The normalized spacial score (nSPS) is 36.7. The van der Waals surface area contributed by atoms with Gasteiger partial charge in [0.1, 0.15) is 0 Å². The molecular weight excluding hydrogens is 292 g/mol. The average Bonchev–Trinajstić information content (AvgIpc) is 2.50. The van der Waals surface area contributed by atoms with Crippen molar-refractivity contribution in [3.63, 3.8) is 0 Å². The molecule has 0 aromatic heterocycles. The number of carbonyl (C=O) groups excluding carboxylic acids is 2. The topological polar surface area (TPSA) is 52.6 Å². The lowest BCUT2D eigenvalue weighted by atomic mass is 9.52. The molecule has 4 atom stereocenters. The number of hydrogen-bond acceptors (Lipinski definition) is 4. The number of fused-ring (bicyclic) bond motifs is 1. The van der Waals surface area contributed by atoms with Crippen molar-refractivity contribution in [3.8, 4) is 0 Å². The minimum Gasteiger partial charge on any atom is -0.469 e. The molecule has 0 spiro atoms. The molecule has 0 heterocycles. The first-order chi connectivity index (χ1) is 10.8. The van der Waals surface area contributed by atoms with Crippen molar-refractivity contribution < 1.29 is 19.1 Å². The van der Waals surface area contributed by atoms with E-state index >= 15 is 0 Å². The summed E-state index contributed by atoms with van der Waals surface area (Å²) >= 11 is 0. The van der Waals surface area contributed by atoms with Crippen LogP contribution in [0.3, 0.4) is 0 Å². The lowest BCUT2D eigenvalue weighted by molar-refractivity contribution is -0.156. The standard InChI is InChI=1S/C19H30O4/c1-13-8-9-16-15(18(13,3)11-12-23-14(2)20)7-6-10-19(16,4)17(21)22-5/h7,13,16H,6,8-12H2,1-5H3. The fourth-order valence-corrected chi connectivity index (χ4v) is 4.59. The third-order valence-electron chi connectivity index (χ3n) is 6.39. The molecule has 0 saturated heterocycles. The monoisotopic (exact) mass is 322 g/mol. The van der Waals surface area contributed by atoms with Crippen molar-refractivity contribution >= 4 is 11.9 Å². The number of methoxy groups -OCH3 is 1. The molecule has 2 aliphatic carbocycles. The Kier molecular flexibility index (Phi) is 5.22. The first-order valence-corrected chi connectivity index (χ1v) is 8.68. The van der Waals surface area contributed by atoms with Crippen LogP contribution in [0.15, 0.2) is 11.6 Å². The Labute approximate surface area is 139 Å². The highest BCUT2D eigenvalue weighted by atomic mass is 16.5. The molecule has 130 valence electrons. The molecule has 0 amide bonds. The maximum absolute atomic E-state index is 12.4. The second kappa shape index (κ2) is 6.66. The van der Waals surface area contributed by atoms with Crippen molar-refractivity contribution in [2.24, 2.45) is 22.7 Å². The van der Waals surface area contributed by atoms with Gasteiger partial charge in [0.25, 0.3) is 0 Å². The fraction of sp³-hybridized carbons (Fsp3) is 0.789. The summed E-state index contributed by atoms with van der Waals surface area (Å²) in [5.74, 6) is 0.429. The van der Waals surface area contributed by atoms with E-state index in [2.05, 4.69) is 26.8 Å². The number of rotatable bonds is 4. The Balaban J connectivity index is 2.28. The largest absolute Gasteiger partial charge is 0.469 e. The highest BCUT2D eigenvalue weighted by Gasteiger charge is 2.52. The van der Waals surface area contributed by atoms with Crippen LogP contribution in [-0.2, 0) is 19.1 Å². The first kappa shape index (κ1) is 18.0. The lowest BCUT2D eigenvalue weighted by Gasteiger charge is -2.52. The fourth-order valence-electron chi connectivity index (χ4n) is 4.59. The Morgan fingerprint density at radius 2 is 2.00 bits per heavy atom. The number of ether oxygens (including phenoxy) is 2. The van der Waals surface area contributed by atoms with Gasteiger partial charge in [-0.15, -0.1) is 0 Å². The number of esters is 2. The predicted molar refractivity (Wildman–Crippen MR) is 88.7 cm³/mol. The molecule has 4 heteroatoms. The average molecular weight is 322 g/mol. The summed E-state index contributed by atoms with van der Waals surface area (Å²) in [6.45, 7) is 8.48. The van der Waals surface area contributed by atoms with Gasteiger partial charge in [-0.3, -0.25) is 9.59 Å². The summed E-state index contributed by atoms with van der Waals surface area (Å²) in [4.78, 5) is 23.5. The van der Waals surface area contributed by atoms with Crippen LogP contribution in [0, 0.1) is 22.7 Å². The van der Waals surface area contributed by atoms with Gasteiger partial charge in [-0.05, 0) is 56.3 Å². The molecule has 0 radical (unpaired) electrons. The van der Waals surface area contributed by atoms with E-state index in [-0.39, 0.29) is 23.3 Å². The molecule has 1 fully saturated rings. The number of allylic oxidation sites excluding steroid dienone is 2. The van der Waals surface area contributed by atoms with Gasteiger partial charge in [-0.2, -0.15) is 0 Å². The molecule has 2 rings (SSSR count). The predicted octanol–water partition coefficient (Wildman–Crippen LogP) is 3.89. The molecule has 0 N–H and O–H groups in total. The van der Waals surface area contributed by atoms with E-state index in [9.17, 15) is 9.59 Å². The second-order valence-corrected chi connectivity index (χ2v) is 7.65. The minimum absolute atomic E-state index is 0.0198. The summed E-state index contributed by atoms with van der Waals surface area (Å²) in [5.41, 5.74) is 0.929. The second-order valence-electron chi connectivity index (χ2n) is 7.65. The van der Waals surface area contributed by atoms with Crippen molar-refractivity contribution in [3.05, 3.63) is 11.6 Å². The Morgan fingerprint density at radius 1 is 1.30 bits per heavy atom. The van der Waals surface area contributed by atoms with Crippen LogP contribution < -0.4 is 0 Å². The lowest BCUT2D eigenvalue weighted by Crippen LogP contribution is -2.48. The number of carbonyl (C=O) groups is 2. The molecular formula is C19H30O4. The molecule has 0 aromatic carbocycles. The Morgan fingerprint density at radius 3 is 2.61 bits per heavy atom. The molecule has 23 heavy (non-hydrogen) atoms. The summed E-state index contributed by atoms with van der Waals surface area (Å²) in [7, 11) is 1.48. The maximum Gasteiger partial charge on any atom is 0.312 e. The molecule has 2 aliphatic rings. The SMILES string of the molecule is COC(=O)C1(C)CCC=C2C1CCC(C)C2(C)CCOC(C)=O. The van der Waals surface area contributed by atoms with E-state index in [1.54, 1.807) is 0 Å². The van der Waals surface area contributed by atoms with Crippen molar-refractivity contribution in [1.29, 1.82) is 0 Å². The zero-order valence-corrected chi connectivity index (χ0v) is 15.1. The van der Waals surface area contributed by atoms with Gasteiger partial charge < -0.3 is 9.47 Å². The van der Waals surface area contributed by atoms with E-state index in [4.69, 9.17) is 9.47 Å². The van der Waals surface area contributed by atoms with Crippen LogP contribution in [0.4, 0.5) is 0 Å². The van der Waals surface area contributed by atoms with E-state index in [0.717, 1.165) is 32.1 Å². The van der Waals surface area contributed by atoms with Crippen molar-refractivity contribution in [2.45, 2.75) is 59.8 Å². The van der Waals surface area contributed by atoms with Crippen LogP contribution >= 0.6 is 0 Å². The maximum atomic E-state index is 12.4. The molecule has 0 aliphatic heterocycles. The molecule has 4 unspecified atom stereocenters. The smallest absolute Gasteiger partial charge is 0.312 e. The van der Waals surface area contributed by atoms with Gasteiger partial charge in [-0.1, -0.05) is 25.5 Å². The Bertz CT molecular complexity index is 509. The molecule has 0 bridgehead atoms. The van der Waals surface area contributed by atoms with E-state index in [1.807, 2.05) is 0 Å². The van der Waals surface area contributed by atoms with E-state index in [1.165, 1.54) is 19.6 Å². The minimum atomic E-state index is -0.429. The van der Waals surface area contributed by atoms with E-state index < -0.39 is 5.41 Å². The van der Waals surface area contributed by atoms with Gasteiger partial charge in [0.15, 0.2) is 0 Å². The van der Waals surface area contributed by atoms with Gasteiger partial charge in [0, 0.05) is 6.92 Å². The Hall–Kier alpha value is -1.32. The van der Waals surface area contributed by atoms with E-state index in [0.29, 0.717) is 12.5 Å². The summed E-state index contributed by atoms with van der Waals surface area (Å²) in [6.07, 6.45) is 7.02. The zero-order chi connectivity index (χ0) is 17.3. The number of hydrogen-bond donors (Lipinski definition) is 0. The first-order valence-electron chi connectivity index (χ1n) is 8.68. The molecule has 0 aromatic rings. The van der Waals surface area contributed by atoms with Crippen LogP contribution in [-0.4, -0.2) is 25.7 Å². The zero-order valence-electron chi connectivity index (χ0n) is 15.1. The van der Waals surface area contributed by atoms with Crippen LogP contribution in [0.5, 0.6) is 0 Å². The van der Waals surface area contributed by atoms with Gasteiger partial charge in [0.2, 0.25) is 0 Å². The van der Waals surface area contributed by atoms with Crippen LogP contribution in [0.2, 0.25) is 0 Å². The highest BCUT2D eigenvalue weighted by molar-refractivity contribution is 5.77. The van der Waals surface area contributed by atoms with Crippen LogP contribution in [0.1, 0.15) is 59.8 Å². The molecule has 1 saturated carbocycles. The van der Waals surface area contributed by atoms with Crippen molar-refractivity contribution in [1.82, 2.24) is 0 Å². The summed E-state index contributed by atoms with van der Waals surface area (Å²) in [6, 6.07) is 0. The highest BCUT2D eigenvalue weighted by Crippen LogP contribution is 2.58. The third-order valence-corrected chi connectivity index (χ3v) is 6.39. The van der Waals surface area contributed by atoms with Crippen LogP contribution in [0.25, 0.3) is 0 Å².